The molecule has 1 amide bonds. The number of morpholine rings is 1. The number of imidazole rings is 1. The Kier molecular flexibility index (Phi) is 4.75. The van der Waals surface area contributed by atoms with Crippen LogP contribution in [0.1, 0.15) is 30.4 Å². The molecular formula is C16H22N6O2. The molecule has 0 saturated carbocycles. The fourth-order valence-electron chi connectivity index (χ4n) is 2.70. The molecule has 1 N–H and O–H groups in total. The Hall–Kier alpha value is -2.48. The summed E-state index contributed by atoms with van der Waals surface area (Å²) in [6.45, 7) is 5.66. The number of ether oxygens (including phenoxy) is 1. The highest BCUT2D eigenvalue weighted by Gasteiger charge is 2.25. The third-order valence-corrected chi connectivity index (χ3v) is 4.05. The summed E-state index contributed by atoms with van der Waals surface area (Å²) in [7, 11) is 1.95. The second-order valence-electron chi connectivity index (χ2n) is 5.86. The zero-order valence-electron chi connectivity index (χ0n) is 14.2. The summed E-state index contributed by atoms with van der Waals surface area (Å²) in [6.07, 6.45) is 3.44. The molecule has 1 unspecified atom stereocenters. The molecular weight excluding hydrogens is 308 g/mol. The number of hydrogen-bond acceptors (Lipinski definition) is 6. The maximum atomic E-state index is 11.6. The number of carbonyl (C=O) groups excluding carboxylic acids is 1. The van der Waals surface area contributed by atoms with Crippen LogP contribution in [-0.2, 0) is 23.1 Å². The molecule has 3 heterocycles. The van der Waals surface area contributed by atoms with Crippen molar-refractivity contribution in [2.75, 3.05) is 25.0 Å². The van der Waals surface area contributed by atoms with E-state index >= 15 is 0 Å². The van der Waals surface area contributed by atoms with Crippen molar-refractivity contribution >= 4 is 11.7 Å². The molecule has 8 nitrogen and oxygen atoms in total. The summed E-state index contributed by atoms with van der Waals surface area (Å²) >= 11 is 0. The molecule has 0 aromatic carbocycles. The van der Waals surface area contributed by atoms with Gasteiger partial charge in [0.2, 0.25) is 5.91 Å². The van der Waals surface area contributed by atoms with Gasteiger partial charge in [0.05, 0.1) is 25.4 Å². The van der Waals surface area contributed by atoms with Crippen molar-refractivity contribution in [1.82, 2.24) is 24.4 Å². The van der Waals surface area contributed by atoms with E-state index in [9.17, 15) is 4.79 Å². The van der Waals surface area contributed by atoms with Crippen LogP contribution in [0.3, 0.4) is 0 Å². The van der Waals surface area contributed by atoms with Gasteiger partial charge in [-0.05, 0) is 6.92 Å². The molecule has 8 heteroatoms. The van der Waals surface area contributed by atoms with E-state index in [1.165, 1.54) is 0 Å². The molecule has 1 aliphatic heterocycles. The van der Waals surface area contributed by atoms with Crippen LogP contribution in [0, 0.1) is 6.92 Å². The molecule has 1 aliphatic rings. The average Bonchev–Trinajstić information content (AvgIpc) is 2.97. The van der Waals surface area contributed by atoms with Crippen LogP contribution in [0.25, 0.3) is 0 Å². The third-order valence-electron chi connectivity index (χ3n) is 4.05. The van der Waals surface area contributed by atoms with Crippen LogP contribution in [0.15, 0.2) is 18.5 Å². The van der Waals surface area contributed by atoms with Crippen LogP contribution in [0.2, 0.25) is 0 Å². The number of rotatable bonds is 4. The minimum atomic E-state index is -0.224. The van der Waals surface area contributed by atoms with E-state index in [-0.39, 0.29) is 12.0 Å². The highest BCUT2D eigenvalue weighted by molar-refractivity contribution is 5.73. The van der Waals surface area contributed by atoms with Crippen molar-refractivity contribution in [3.63, 3.8) is 0 Å². The molecule has 0 aliphatic carbocycles. The van der Waals surface area contributed by atoms with Crippen molar-refractivity contribution in [2.24, 2.45) is 7.05 Å². The minimum absolute atomic E-state index is 0.0576. The highest BCUT2D eigenvalue weighted by Crippen LogP contribution is 2.22. The van der Waals surface area contributed by atoms with E-state index in [0.717, 1.165) is 17.3 Å². The summed E-state index contributed by atoms with van der Waals surface area (Å²) in [4.78, 5) is 26.6. The van der Waals surface area contributed by atoms with Crippen LogP contribution in [-0.4, -0.2) is 50.0 Å². The van der Waals surface area contributed by atoms with Gasteiger partial charge >= 0.3 is 0 Å². The summed E-state index contributed by atoms with van der Waals surface area (Å²) in [5.41, 5.74) is 0.788. The van der Waals surface area contributed by atoms with Gasteiger partial charge in [-0.25, -0.2) is 15.0 Å². The summed E-state index contributed by atoms with van der Waals surface area (Å²) in [6, 6.07) is 1.88. The van der Waals surface area contributed by atoms with Crippen molar-refractivity contribution in [2.45, 2.75) is 26.5 Å². The van der Waals surface area contributed by atoms with Crippen LogP contribution in [0.4, 0.5) is 5.82 Å². The molecule has 1 saturated heterocycles. The Morgan fingerprint density at radius 2 is 2.29 bits per heavy atom. The third kappa shape index (κ3) is 3.70. The van der Waals surface area contributed by atoms with Crippen LogP contribution >= 0.6 is 0 Å². The first-order valence-corrected chi connectivity index (χ1v) is 7.95. The molecule has 1 fully saturated rings. The van der Waals surface area contributed by atoms with Gasteiger partial charge in [-0.1, -0.05) is 0 Å². The zero-order valence-corrected chi connectivity index (χ0v) is 14.2. The highest BCUT2D eigenvalue weighted by atomic mass is 16.5. The van der Waals surface area contributed by atoms with Gasteiger partial charge < -0.3 is 19.5 Å². The fraction of sp³-hybridized carbons (Fsp3) is 0.500. The smallest absolute Gasteiger partial charge is 0.219 e. The van der Waals surface area contributed by atoms with E-state index < -0.39 is 0 Å². The van der Waals surface area contributed by atoms with E-state index in [0.29, 0.717) is 32.1 Å². The van der Waals surface area contributed by atoms with Gasteiger partial charge in [0, 0.05) is 39.0 Å². The lowest BCUT2D eigenvalue weighted by molar-refractivity contribution is -0.136. The lowest BCUT2D eigenvalue weighted by Gasteiger charge is -2.32. The number of amides is 1. The minimum Gasteiger partial charge on any atom is -0.368 e. The number of aryl methyl sites for hydroxylation is 2. The van der Waals surface area contributed by atoms with Gasteiger partial charge in [0.25, 0.3) is 0 Å². The molecule has 0 bridgehead atoms. The summed E-state index contributed by atoms with van der Waals surface area (Å²) in [5, 5.41) is 3.27. The van der Waals surface area contributed by atoms with E-state index in [1.54, 1.807) is 18.0 Å². The first kappa shape index (κ1) is 16.4. The number of nitrogens with one attached hydrogen (secondary N) is 1. The molecule has 2 aromatic heterocycles. The topological polar surface area (TPSA) is 85.2 Å². The quantitative estimate of drug-likeness (QED) is 0.902. The number of nitrogens with zero attached hydrogens (tertiary/aromatic N) is 5. The molecule has 128 valence electrons. The van der Waals surface area contributed by atoms with Crippen LogP contribution < -0.4 is 5.32 Å². The molecule has 0 spiro atoms. The van der Waals surface area contributed by atoms with Crippen LogP contribution in [0.5, 0.6) is 0 Å². The standard InChI is InChI=1S/C16H22N6O2/c1-11-19-13(14-10-22(12(2)23)6-7-24-14)8-15(20-11)18-9-16-17-4-5-21(16)3/h4-5,8,14H,6-7,9-10H2,1-3H3,(H,18,19,20). The lowest BCUT2D eigenvalue weighted by Crippen LogP contribution is -2.41. The second-order valence-corrected chi connectivity index (χ2v) is 5.86. The molecule has 3 rings (SSSR count). The Bertz CT molecular complexity index is 729. The average molecular weight is 330 g/mol. The predicted molar refractivity (Wildman–Crippen MR) is 88.3 cm³/mol. The molecule has 1 atom stereocenters. The second kappa shape index (κ2) is 6.96. The first-order chi connectivity index (χ1) is 11.5. The maximum absolute atomic E-state index is 11.6. The van der Waals surface area contributed by atoms with E-state index in [4.69, 9.17) is 4.74 Å². The van der Waals surface area contributed by atoms with Gasteiger partial charge in [0.15, 0.2) is 0 Å². The van der Waals surface area contributed by atoms with Gasteiger partial charge in [-0.15, -0.1) is 0 Å². The largest absolute Gasteiger partial charge is 0.368 e. The molecule has 24 heavy (non-hydrogen) atoms. The monoisotopic (exact) mass is 330 g/mol. The van der Waals surface area contributed by atoms with E-state index in [1.807, 2.05) is 30.8 Å². The predicted octanol–water partition coefficient (Wildman–Crippen LogP) is 1.05. The number of aromatic nitrogens is 4. The summed E-state index contributed by atoms with van der Waals surface area (Å²) < 4.78 is 7.75. The van der Waals surface area contributed by atoms with Crippen molar-refractivity contribution < 1.29 is 9.53 Å². The Labute approximate surface area is 140 Å². The van der Waals surface area contributed by atoms with Crippen molar-refractivity contribution in [1.29, 1.82) is 0 Å². The Balaban J connectivity index is 1.73. The Morgan fingerprint density at radius 3 is 3.00 bits per heavy atom. The zero-order chi connectivity index (χ0) is 17.1. The normalized spacial score (nSPS) is 17.8. The fourth-order valence-corrected chi connectivity index (χ4v) is 2.70. The van der Waals surface area contributed by atoms with Gasteiger partial charge in [-0.3, -0.25) is 4.79 Å². The van der Waals surface area contributed by atoms with Crippen molar-refractivity contribution in [3.8, 4) is 0 Å². The van der Waals surface area contributed by atoms with Gasteiger partial charge in [0.1, 0.15) is 23.6 Å². The Morgan fingerprint density at radius 1 is 1.46 bits per heavy atom. The van der Waals surface area contributed by atoms with Gasteiger partial charge in [-0.2, -0.15) is 0 Å². The first-order valence-electron chi connectivity index (χ1n) is 7.95. The van der Waals surface area contributed by atoms with Crippen molar-refractivity contribution in [3.05, 3.63) is 35.8 Å². The molecule has 2 aromatic rings. The lowest BCUT2D eigenvalue weighted by atomic mass is 10.2. The maximum Gasteiger partial charge on any atom is 0.219 e. The van der Waals surface area contributed by atoms with E-state index in [2.05, 4.69) is 20.3 Å². The number of carbonyl (C=O) groups is 1. The number of anilines is 1. The molecule has 0 radical (unpaired) electrons. The summed E-state index contributed by atoms with van der Waals surface area (Å²) in [5.74, 6) is 2.37. The number of hydrogen-bond donors (Lipinski definition) is 1. The SMILES string of the molecule is CC(=O)N1CCOC(c2cc(NCc3nccn3C)nc(C)n2)C1.